The molecule has 4 nitrogen and oxygen atoms in total. The molecule has 0 aliphatic carbocycles. The van der Waals surface area contributed by atoms with Crippen LogP contribution in [0.1, 0.15) is 17.3 Å². The molecule has 4 heteroatoms. The average Bonchev–Trinajstić information content (AvgIpc) is 2.53. The SMILES string of the molecule is COc1ccc(-c2ccc(C(C)=O)cc2OC)cc1OC. The van der Waals surface area contributed by atoms with Gasteiger partial charge in [-0.1, -0.05) is 12.1 Å². The first-order chi connectivity index (χ1) is 10.1. The second-order valence-electron chi connectivity index (χ2n) is 4.54. The Morgan fingerprint density at radius 2 is 1.48 bits per heavy atom. The molecule has 0 saturated heterocycles. The van der Waals surface area contributed by atoms with E-state index in [-0.39, 0.29) is 5.78 Å². The van der Waals surface area contributed by atoms with Gasteiger partial charge in [0.1, 0.15) is 5.75 Å². The third kappa shape index (κ3) is 2.99. The number of rotatable bonds is 5. The number of ether oxygens (including phenoxy) is 3. The molecule has 0 spiro atoms. The molecule has 2 aromatic rings. The smallest absolute Gasteiger partial charge is 0.161 e. The summed E-state index contributed by atoms with van der Waals surface area (Å²) in [4.78, 5) is 11.5. The van der Waals surface area contributed by atoms with Crippen LogP contribution in [0.3, 0.4) is 0 Å². The Balaban J connectivity index is 2.53. The van der Waals surface area contributed by atoms with E-state index >= 15 is 0 Å². The second-order valence-corrected chi connectivity index (χ2v) is 4.54. The average molecular weight is 286 g/mol. The number of ketones is 1. The maximum atomic E-state index is 11.5. The van der Waals surface area contributed by atoms with Crippen molar-refractivity contribution in [1.82, 2.24) is 0 Å². The molecule has 110 valence electrons. The van der Waals surface area contributed by atoms with E-state index in [0.29, 0.717) is 22.8 Å². The summed E-state index contributed by atoms with van der Waals surface area (Å²) in [5.74, 6) is 1.97. The highest BCUT2D eigenvalue weighted by Crippen LogP contribution is 2.36. The Bertz CT molecular complexity index is 662. The summed E-state index contributed by atoms with van der Waals surface area (Å²) < 4.78 is 15.9. The molecule has 0 aliphatic rings. The molecule has 2 aromatic carbocycles. The molecule has 0 unspecified atom stereocenters. The molecule has 0 aromatic heterocycles. The van der Waals surface area contributed by atoms with E-state index in [1.54, 1.807) is 33.5 Å². The standard InChI is InChI=1S/C17H18O4/c1-11(18)12-5-7-14(16(9-12)20-3)13-6-8-15(19-2)17(10-13)21-4/h5-10H,1-4H3. The van der Waals surface area contributed by atoms with Crippen molar-refractivity contribution in [3.63, 3.8) is 0 Å². The molecule has 0 atom stereocenters. The summed E-state index contributed by atoms with van der Waals surface area (Å²) in [6.45, 7) is 1.53. The summed E-state index contributed by atoms with van der Waals surface area (Å²) in [7, 11) is 4.78. The molecule has 0 amide bonds. The van der Waals surface area contributed by atoms with E-state index in [4.69, 9.17) is 14.2 Å². The lowest BCUT2D eigenvalue weighted by molar-refractivity contribution is 0.101. The number of carbonyl (C=O) groups excluding carboxylic acids is 1. The Kier molecular flexibility index (Phi) is 4.48. The first-order valence-electron chi connectivity index (χ1n) is 6.52. The largest absolute Gasteiger partial charge is 0.496 e. The maximum absolute atomic E-state index is 11.5. The van der Waals surface area contributed by atoms with Gasteiger partial charge in [0.15, 0.2) is 17.3 Å². The van der Waals surface area contributed by atoms with Crippen molar-refractivity contribution in [3.05, 3.63) is 42.0 Å². The van der Waals surface area contributed by atoms with E-state index in [9.17, 15) is 4.79 Å². The molecule has 0 radical (unpaired) electrons. The summed E-state index contributed by atoms with van der Waals surface area (Å²) in [6.07, 6.45) is 0. The van der Waals surface area contributed by atoms with Gasteiger partial charge in [-0.3, -0.25) is 4.79 Å². The monoisotopic (exact) mass is 286 g/mol. The van der Waals surface area contributed by atoms with Crippen LogP contribution in [0, 0.1) is 0 Å². The third-order valence-electron chi connectivity index (χ3n) is 3.30. The first-order valence-corrected chi connectivity index (χ1v) is 6.52. The molecular formula is C17H18O4. The molecule has 0 bridgehead atoms. The lowest BCUT2D eigenvalue weighted by Crippen LogP contribution is -1.96. The van der Waals surface area contributed by atoms with Crippen LogP contribution in [0.25, 0.3) is 11.1 Å². The molecule has 0 saturated carbocycles. The van der Waals surface area contributed by atoms with Crippen LogP contribution < -0.4 is 14.2 Å². The van der Waals surface area contributed by atoms with Gasteiger partial charge in [0.05, 0.1) is 21.3 Å². The number of Topliss-reactive ketones (excluding diaryl/α,β-unsaturated/α-hetero) is 1. The van der Waals surface area contributed by atoms with Gasteiger partial charge in [-0.2, -0.15) is 0 Å². The topological polar surface area (TPSA) is 44.8 Å². The Morgan fingerprint density at radius 3 is 2.05 bits per heavy atom. The van der Waals surface area contributed by atoms with Gasteiger partial charge in [-0.15, -0.1) is 0 Å². The fraction of sp³-hybridized carbons (Fsp3) is 0.235. The van der Waals surface area contributed by atoms with E-state index in [1.807, 2.05) is 24.3 Å². The minimum atomic E-state index is 0.00663. The highest BCUT2D eigenvalue weighted by Gasteiger charge is 2.12. The minimum Gasteiger partial charge on any atom is -0.496 e. The van der Waals surface area contributed by atoms with Crippen LogP contribution in [0.4, 0.5) is 0 Å². The first kappa shape index (κ1) is 14.9. The van der Waals surface area contributed by atoms with E-state index in [2.05, 4.69) is 0 Å². The minimum absolute atomic E-state index is 0.00663. The highest BCUT2D eigenvalue weighted by atomic mass is 16.5. The zero-order chi connectivity index (χ0) is 15.4. The van der Waals surface area contributed by atoms with Crippen molar-refractivity contribution in [2.24, 2.45) is 0 Å². The summed E-state index contributed by atoms with van der Waals surface area (Å²) >= 11 is 0. The summed E-state index contributed by atoms with van der Waals surface area (Å²) in [5, 5.41) is 0. The van der Waals surface area contributed by atoms with Crippen molar-refractivity contribution in [1.29, 1.82) is 0 Å². The zero-order valence-electron chi connectivity index (χ0n) is 12.6. The van der Waals surface area contributed by atoms with E-state index in [1.165, 1.54) is 6.92 Å². The number of hydrogen-bond acceptors (Lipinski definition) is 4. The van der Waals surface area contributed by atoms with Gasteiger partial charge in [0.25, 0.3) is 0 Å². The van der Waals surface area contributed by atoms with Gasteiger partial charge >= 0.3 is 0 Å². The normalized spacial score (nSPS) is 10.1. The zero-order valence-corrected chi connectivity index (χ0v) is 12.6. The Hall–Kier alpha value is -2.49. The molecule has 0 N–H and O–H groups in total. The van der Waals surface area contributed by atoms with Crippen molar-refractivity contribution in [3.8, 4) is 28.4 Å². The molecule has 0 heterocycles. The number of carbonyl (C=O) groups is 1. The summed E-state index contributed by atoms with van der Waals surface area (Å²) in [6, 6.07) is 11.0. The quantitative estimate of drug-likeness (QED) is 0.788. The molecule has 21 heavy (non-hydrogen) atoms. The predicted octanol–water partition coefficient (Wildman–Crippen LogP) is 3.58. The predicted molar refractivity (Wildman–Crippen MR) is 81.5 cm³/mol. The van der Waals surface area contributed by atoms with Crippen molar-refractivity contribution >= 4 is 5.78 Å². The molecule has 0 aliphatic heterocycles. The third-order valence-corrected chi connectivity index (χ3v) is 3.30. The van der Waals surface area contributed by atoms with E-state index < -0.39 is 0 Å². The number of methoxy groups -OCH3 is 3. The van der Waals surface area contributed by atoms with Gasteiger partial charge < -0.3 is 14.2 Å². The number of benzene rings is 2. The van der Waals surface area contributed by atoms with Crippen LogP contribution in [0.2, 0.25) is 0 Å². The lowest BCUT2D eigenvalue weighted by atomic mass is 10.0. The van der Waals surface area contributed by atoms with Crippen LogP contribution in [0.5, 0.6) is 17.2 Å². The van der Waals surface area contributed by atoms with Crippen LogP contribution in [0.15, 0.2) is 36.4 Å². The number of hydrogen-bond donors (Lipinski definition) is 0. The van der Waals surface area contributed by atoms with Crippen molar-refractivity contribution < 1.29 is 19.0 Å². The van der Waals surface area contributed by atoms with Crippen LogP contribution >= 0.6 is 0 Å². The van der Waals surface area contributed by atoms with Crippen LogP contribution in [-0.2, 0) is 0 Å². The fourth-order valence-corrected chi connectivity index (χ4v) is 2.15. The fourth-order valence-electron chi connectivity index (χ4n) is 2.15. The summed E-state index contributed by atoms with van der Waals surface area (Å²) in [5.41, 5.74) is 2.44. The van der Waals surface area contributed by atoms with Gasteiger partial charge in [0, 0.05) is 11.1 Å². The second kappa shape index (κ2) is 6.31. The van der Waals surface area contributed by atoms with E-state index in [0.717, 1.165) is 11.1 Å². The molecule has 0 fully saturated rings. The molecular weight excluding hydrogens is 268 g/mol. The Morgan fingerprint density at radius 1 is 0.810 bits per heavy atom. The molecule has 2 rings (SSSR count). The lowest BCUT2D eigenvalue weighted by Gasteiger charge is -2.13. The van der Waals surface area contributed by atoms with Gasteiger partial charge in [0.2, 0.25) is 0 Å². The van der Waals surface area contributed by atoms with Gasteiger partial charge in [-0.25, -0.2) is 0 Å². The highest BCUT2D eigenvalue weighted by molar-refractivity contribution is 5.95. The maximum Gasteiger partial charge on any atom is 0.161 e. The Labute approximate surface area is 124 Å². The van der Waals surface area contributed by atoms with Gasteiger partial charge in [-0.05, 0) is 36.8 Å². The van der Waals surface area contributed by atoms with Crippen LogP contribution in [-0.4, -0.2) is 27.1 Å². The van der Waals surface area contributed by atoms with Crippen molar-refractivity contribution in [2.75, 3.05) is 21.3 Å². The van der Waals surface area contributed by atoms with Crippen molar-refractivity contribution in [2.45, 2.75) is 6.92 Å².